The van der Waals surface area contributed by atoms with Gasteiger partial charge in [-0.1, -0.05) is 12.1 Å². The molecule has 2 aliphatic rings. The lowest BCUT2D eigenvalue weighted by molar-refractivity contribution is -0.147. The van der Waals surface area contributed by atoms with E-state index >= 15 is 0 Å². The molecule has 0 aromatic heterocycles. The highest BCUT2D eigenvalue weighted by Gasteiger charge is 2.45. The van der Waals surface area contributed by atoms with Crippen molar-refractivity contribution in [1.82, 2.24) is 25.8 Å². The molecular formula is C26H37N7O9. The number of phenols is 1. The highest BCUT2D eigenvalue weighted by atomic mass is 16.4. The number of likely N-dealkylation sites (tertiary alicyclic amines) is 2. The fourth-order valence-electron chi connectivity index (χ4n) is 5.03. The third kappa shape index (κ3) is 8.14. The van der Waals surface area contributed by atoms with E-state index in [2.05, 4.69) is 16.0 Å². The molecule has 1 aromatic rings. The molecule has 2 saturated heterocycles. The van der Waals surface area contributed by atoms with Crippen LogP contribution in [0, 0.1) is 0 Å². The lowest BCUT2D eigenvalue weighted by Crippen LogP contribution is -2.56. The van der Waals surface area contributed by atoms with Gasteiger partial charge in [-0.2, -0.15) is 0 Å². The second-order valence-corrected chi connectivity index (χ2v) is 10.2. The van der Waals surface area contributed by atoms with E-state index in [1.165, 1.54) is 29.2 Å². The Kier molecular flexibility index (Phi) is 11.2. The number of carboxylic acids is 1. The number of carbonyl (C=O) groups is 6. The molecule has 0 saturated carbocycles. The summed E-state index contributed by atoms with van der Waals surface area (Å²) in [5.41, 5.74) is 11.3. The molecule has 42 heavy (non-hydrogen) atoms. The summed E-state index contributed by atoms with van der Waals surface area (Å²) >= 11 is 0. The van der Waals surface area contributed by atoms with Gasteiger partial charge >= 0.3 is 5.97 Å². The van der Waals surface area contributed by atoms with E-state index in [4.69, 9.17) is 11.5 Å². The Morgan fingerprint density at radius 2 is 1.67 bits per heavy atom. The van der Waals surface area contributed by atoms with Gasteiger partial charge in [0.1, 0.15) is 29.9 Å². The van der Waals surface area contributed by atoms with Crippen molar-refractivity contribution in [1.29, 1.82) is 0 Å². The molecule has 1 aromatic carbocycles. The number of nitrogens with one attached hydrogen (secondary N) is 3. The minimum atomic E-state index is -1.29. The quantitative estimate of drug-likeness (QED) is 0.116. The zero-order valence-corrected chi connectivity index (χ0v) is 22.9. The van der Waals surface area contributed by atoms with Crippen LogP contribution in [0.15, 0.2) is 24.3 Å². The molecule has 0 radical (unpaired) electrons. The number of aliphatic carboxylic acids is 1. The maximum absolute atomic E-state index is 13.6. The minimum Gasteiger partial charge on any atom is -0.508 e. The Balaban J connectivity index is 1.64. The summed E-state index contributed by atoms with van der Waals surface area (Å²) in [5, 5.41) is 36.5. The number of amides is 5. The Morgan fingerprint density at radius 1 is 0.976 bits per heavy atom. The summed E-state index contributed by atoms with van der Waals surface area (Å²) in [5.74, 6) is -4.51. The van der Waals surface area contributed by atoms with Crippen LogP contribution in [0.2, 0.25) is 0 Å². The molecule has 2 aliphatic heterocycles. The zero-order valence-electron chi connectivity index (χ0n) is 22.9. The molecule has 0 aliphatic carbocycles. The standard InChI is InChI=1S/C26H37N7O9/c27-10-18(30-21(36)11-28)23(38)29-12-22(37)33-13-16(35)9-20(33)25(40)32-7-1-2-19(32)24(39)31-17(26(41)42)8-14-3-5-15(34)6-4-14/h3-6,16-20,34-35H,1-2,7-13,27-28H2,(H,29,38)(H,30,36)(H,31,39)(H,41,42)/t16-,17+,18+,19+,20+/m1/s1. The zero-order chi connectivity index (χ0) is 31.0. The molecule has 5 atom stereocenters. The third-order valence-corrected chi connectivity index (χ3v) is 7.20. The minimum absolute atomic E-state index is 0.0115. The summed E-state index contributed by atoms with van der Waals surface area (Å²) in [4.78, 5) is 77.8. The normalized spacial score (nSPS) is 21.4. The van der Waals surface area contributed by atoms with Crippen LogP contribution in [0.4, 0.5) is 0 Å². The van der Waals surface area contributed by atoms with E-state index in [-0.39, 0.29) is 51.2 Å². The highest BCUT2D eigenvalue weighted by molar-refractivity contribution is 5.95. The lowest BCUT2D eigenvalue weighted by atomic mass is 10.0. The first-order chi connectivity index (χ1) is 19.9. The van der Waals surface area contributed by atoms with Crippen molar-refractivity contribution in [2.45, 2.75) is 56.0 Å². The molecule has 16 heteroatoms. The number of nitrogens with zero attached hydrogens (tertiary/aromatic N) is 2. The SMILES string of the molecule is NCC(=O)N[C@@H](CN)C(=O)NCC(=O)N1C[C@H](O)C[C@H]1C(=O)N1CCC[C@H]1C(=O)N[C@@H](Cc1ccc(O)cc1)C(=O)O. The number of carboxylic acid groups (broad SMARTS) is 1. The van der Waals surface area contributed by atoms with Crippen molar-refractivity contribution in [2.24, 2.45) is 11.5 Å². The van der Waals surface area contributed by atoms with Gasteiger partial charge in [0.05, 0.1) is 19.2 Å². The lowest BCUT2D eigenvalue weighted by Gasteiger charge is -2.31. The summed E-state index contributed by atoms with van der Waals surface area (Å²) in [6.45, 7) is -1.12. The maximum atomic E-state index is 13.6. The van der Waals surface area contributed by atoms with Crippen LogP contribution in [0.25, 0.3) is 0 Å². The van der Waals surface area contributed by atoms with Crippen LogP contribution in [0.3, 0.4) is 0 Å². The van der Waals surface area contributed by atoms with Crippen molar-refractivity contribution in [3.05, 3.63) is 29.8 Å². The van der Waals surface area contributed by atoms with E-state index in [9.17, 15) is 44.1 Å². The Morgan fingerprint density at radius 3 is 2.29 bits per heavy atom. The largest absolute Gasteiger partial charge is 0.508 e. The van der Waals surface area contributed by atoms with Crippen LogP contribution in [-0.2, 0) is 35.2 Å². The average Bonchev–Trinajstić information content (AvgIpc) is 3.61. The molecule has 10 N–H and O–H groups in total. The number of benzene rings is 1. The van der Waals surface area contributed by atoms with Crippen LogP contribution in [-0.4, -0.2) is 124 Å². The van der Waals surface area contributed by atoms with Crippen molar-refractivity contribution >= 4 is 35.5 Å². The van der Waals surface area contributed by atoms with Gasteiger partial charge in [0.2, 0.25) is 29.5 Å². The molecule has 2 fully saturated rings. The average molecular weight is 592 g/mol. The number of nitrogens with two attached hydrogens (primary N) is 2. The predicted octanol–water partition coefficient (Wildman–Crippen LogP) is -4.02. The number of phenolic OH excluding ortho intramolecular Hbond substituents is 1. The third-order valence-electron chi connectivity index (χ3n) is 7.20. The molecule has 2 heterocycles. The number of aromatic hydroxyl groups is 1. The summed E-state index contributed by atoms with van der Waals surface area (Å²) in [7, 11) is 0. The Bertz CT molecular complexity index is 1180. The summed E-state index contributed by atoms with van der Waals surface area (Å²) < 4.78 is 0. The highest BCUT2D eigenvalue weighted by Crippen LogP contribution is 2.25. The second-order valence-electron chi connectivity index (χ2n) is 10.2. The fraction of sp³-hybridized carbons (Fsp3) is 0.538. The summed E-state index contributed by atoms with van der Waals surface area (Å²) in [6.07, 6.45) is -0.410. The van der Waals surface area contributed by atoms with Gasteiger partial charge in [0.15, 0.2) is 0 Å². The van der Waals surface area contributed by atoms with Crippen LogP contribution >= 0.6 is 0 Å². The molecular weight excluding hydrogens is 554 g/mol. The first-order valence-electron chi connectivity index (χ1n) is 13.5. The number of hydrogen-bond acceptors (Lipinski definition) is 10. The molecule has 0 spiro atoms. The first-order valence-corrected chi connectivity index (χ1v) is 13.5. The topological polar surface area (TPSA) is 258 Å². The predicted molar refractivity (Wildman–Crippen MR) is 145 cm³/mol. The molecule has 5 amide bonds. The smallest absolute Gasteiger partial charge is 0.326 e. The molecule has 0 bridgehead atoms. The van der Waals surface area contributed by atoms with Crippen molar-refractivity contribution in [3.63, 3.8) is 0 Å². The number of aliphatic hydroxyl groups excluding tert-OH is 1. The van der Waals surface area contributed by atoms with E-state index in [1.807, 2.05) is 0 Å². The van der Waals surface area contributed by atoms with Gasteiger partial charge in [0.25, 0.3) is 0 Å². The molecule has 230 valence electrons. The van der Waals surface area contributed by atoms with E-state index in [0.717, 1.165) is 4.90 Å². The molecule has 16 nitrogen and oxygen atoms in total. The van der Waals surface area contributed by atoms with Crippen LogP contribution in [0.1, 0.15) is 24.8 Å². The second kappa shape index (κ2) is 14.6. The Hall–Kier alpha value is -4.28. The number of rotatable bonds is 12. The van der Waals surface area contributed by atoms with Crippen LogP contribution in [0.5, 0.6) is 5.75 Å². The number of β-amino-alcohol motifs (C(OH)–C–C–N with tert-alkyl or cyclic N) is 1. The van der Waals surface area contributed by atoms with Gasteiger partial charge in [-0.15, -0.1) is 0 Å². The maximum Gasteiger partial charge on any atom is 0.326 e. The first kappa shape index (κ1) is 32.2. The van der Waals surface area contributed by atoms with Crippen molar-refractivity contribution < 1.29 is 44.1 Å². The van der Waals surface area contributed by atoms with E-state index in [1.54, 1.807) is 0 Å². The molecule has 0 unspecified atom stereocenters. The van der Waals surface area contributed by atoms with Crippen molar-refractivity contribution in [2.75, 3.05) is 32.7 Å². The molecule has 3 rings (SSSR count). The van der Waals surface area contributed by atoms with Gasteiger partial charge in [-0.25, -0.2) is 4.79 Å². The van der Waals surface area contributed by atoms with Crippen molar-refractivity contribution in [3.8, 4) is 5.75 Å². The van der Waals surface area contributed by atoms with Gasteiger partial charge in [-0.3, -0.25) is 24.0 Å². The number of carbonyl (C=O) groups excluding carboxylic acids is 5. The van der Waals surface area contributed by atoms with Gasteiger partial charge < -0.3 is 52.5 Å². The fourth-order valence-corrected chi connectivity index (χ4v) is 5.03. The summed E-state index contributed by atoms with van der Waals surface area (Å²) in [6, 6.07) is 1.38. The van der Waals surface area contributed by atoms with Gasteiger partial charge in [0, 0.05) is 32.5 Å². The van der Waals surface area contributed by atoms with E-state index < -0.39 is 72.3 Å². The number of hydrogen-bond donors (Lipinski definition) is 8. The Labute approximate surface area is 241 Å². The van der Waals surface area contributed by atoms with Gasteiger partial charge in [-0.05, 0) is 30.5 Å². The van der Waals surface area contributed by atoms with E-state index in [0.29, 0.717) is 12.0 Å². The van der Waals surface area contributed by atoms with Crippen LogP contribution < -0.4 is 27.4 Å². The number of aliphatic hydroxyl groups is 1. The monoisotopic (exact) mass is 591 g/mol.